The lowest BCUT2D eigenvalue weighted by Gasteiger charge is -2.11. The van der Waals surface area contributed by atoms with Crippen LogP contribution in [0.2, 0.25) is 0 Å². The smallest absolute Gasteiger partial charge is 0.213 e. The molecule has 69 valence electrons. The molecule has 1 fully saturated rings. The van der Waals surface area contributed by atoms with Crippen molar-refractivity contribution in [1.29, 1.82) is 0 Å². The number of pyridine rings is 1. The third kappa shape index (κ3) is 2.20. The second kappa shape index (κ2) is 3.77. The Morgan fingerprint density at radius 2 is 2.23 bits per heavy atom. The molecule has 0 N–H and O–H groups in total. The molecule has 1 heterocycles. The summed E-state index contributed by atoms with van der Waals surface area (Å²) in [5.41, 5.74) is 1.09. The van der Waals surface area contributed by atoms with Gasteiger partial charge in [-0.1, -0.05) is 0 Å². The Morgan fingerprint density at radius 1 is 1.46 bits per heavy atom. The highest BCUT2D eigenvalue weighted by Crippen LogP contribution is 2.22. The molecule has 1 aromatic rings. The third-order valence-electron chi connectivity index (χ3n) is 2.41. The van der Waals surface area contributed by atoms with E-state index >= 15 is 0 Å². The van der Waals surface area contributed by atoms with E-state index in [1.54, 1.807) is 6.20 Å². The summed E-state index contributed by atoms with van der Waals surface area (Å²) in [6, 6.07) is 4.95. The number of hydrogen-bond donors (Lipinski definition) is 0. The number of aromatic nitrogens is 1. The predicted octanol–water partition coefficient (Wildman–Crippen LogP) is 2.51. The molecule has 0 bridgehead atoms. The van der Waals surface area contributed by atoms with E-state index in [1.165, 1.54) is 25.7 Å². The molecule has 0 amide bonds. The monoisotopic (exact) mass is 176 g/mol. The Bertz CT molecular complexity index is 279. The van der Waals surface area contributed by atoms with Crippen molar-refractivity contribution in [2.45, 2.75) is 38.7 Å². The van der Waals surface area contributed by atoms with Crippen molar-refractivity contribution >= 4 is 0 Å². The highest BCUT2D eigenvalue weighted by Gasteiger charge is 2.16. The summed E-state index contributed by atoms with van der Waals surface area (Å²) < 4.78 is 5.72. The minimum Gasteiger partial charge on any atom is -0.474 e. The first-order valence-electron chi connectivity index (χ1n) is 4.85. The van der Waals surface area contributed by atoms with Crippen LogP contribution >= 0.6 is 0 Å². The van der Waals surface area contributed by atoms with Crippen LogP contribution in [0.4, 0.5) is 0 Å². The van der Waals surface area contributed by atoms with Crippen molar-refractivity contribution in [3.8, 4) is 5.88 Å². The number of ether oxygens (including phenoxy) is 1. The lowest BCUT2D eigenvalue weighted by atomic mass is 10.3. The van der Waals surface area contributed by atoms with E-state index in [-0.39, 0.29) is 0 Å². The van der Waals surface area contributed by atoms with Crippen molar-refractivity contribution in [2.75, 3.05) is 0 Å². The van der Waals surface area contributed by atoms with Gasteiger partial charge < -0.3 is 4.74 Å². The molecule has 0 atom stereocenters. The minimum atomic E-state index is 0.397. The summed E-state index contributed by atoms with van der Waals surface area (Å²) in [7, 11) is 0. The molecular weight excluding hydrogens is 162 g/mol. The van der Waals surface area contributed by atoms with Gasteiger partial charge in [0.2, 0.25) is 5.88 Å². The van der Waals surface area contributed by atoms with E-state index in [2.05, 4.69) is 11.1 Å². The van der Waals surface area contributed by atoms with Gasteiger partial charge in [-0.25, -0.2) is 4.98 Å². The first-order chi connectivity index (χ1) is 6.34. The Hall–Kier alpha value is -1.05. The second-order valence-electron chi connectivity index (χ2n) is 3.59. The lowest BCUT2D eigenvalue weighted by molar-refractivity contribution is 0.201. The molecule has 1 radical (unpaired) electrons. The molecule has 1 aliphatic carbocycles. The zero-order valence-electron chi connectivity index (χ0n) is 7.92. The third-order valence-corrected chi connectivity index (χ3v) is 2.41. The molecule has 0 aromatic carbocycles. The largest absolute Gasteiger partial charge is 0.474 e. The quantitative estimate of drug-likeness (QED) is 0.690. The predicted molar refractivity (Wildman–Crippen MR) is 50.7 cm³/mol. The average Bonchev–Trinajstić information content (AvgIpc) is 2.57. The summed E-state index contributed by atoms with van der Waals surface area (Å²) in [6.07, 6.45) is 7.03. The Kier molecular flexibility index (Phi) is 2.48. The lowest BCUT2D eigenvalue weighted by Crippen LogP contribution is -2.11. The summed E-state index contributed by atoms with van der Waals surface area (Å²) >= 11 is 0. The van der Waals surface area contributed by atoms with Crippen LogP contribution in [0, 0.1) is 13.0 Å². The topological polar surface area (TPSA) is 22.1 Å². The maximum Gasteiger partial charge on any atom is 0.213 e. The van der Waals surface area contributed by atoms with Gasteiger partial charge in [-0.05, 0) is 38.2 Å². The van der Waals surface area contributed by atoms with Crippen molar-refractivity contribution in [3.63, 3.8) is 0 Å². The molecule has 0 unspecified atom stereocenters. The fourth-order valence-corrected chi connectivity index (χ4v) is 1.70. The van der Waals surface area contributed by atoms with Gasteiger partial charge in [0, 0.05) is 18.3 Å². The summed E-state index contributed by atoms with van der Waals surface area (Å²) in [4.78, 5) is 4.13. The fourth-order valence-electron chi connectivity index (χ4n) is 1.70. The van der Waals surface area contributed by atoms with Crippen molar-refractivity contribution in [3.05, 3.63) is 23.9 Å². The van der Waals surface area contributed by atoms with E-state index in [1.807, 2.05) is 13.0 Å². The highest BCUT2D eigenvalue weighted by molar-refractivity contribution is 5.17. The summed E-state index contributed by atoms with van der Waals surface area (Å²) in [6.45, 7) is 2.00. The van der Waals surface area contributed by atoms with Crippen LogP contribution in [-0.2, 0) is 0 Å². The molecule has 0 aliphatic heterocycles. The minimum absolute atomic E-state index is 0.397. The van der Waals surface area contributed by atoms with Gasteiger partial charge in [-0.2, -0.15) is 0 Å². The Morgan fingerprint density at radius 3 is 2.92 bits per heavy atom. The van der Waals surface area contributed by atoms with Crippen LogP contribution < -0.4 is 4.74 Å². The molecular formula is C11H14NO. The van der Waals surface area contributed by atoms with Gasteiger partial charge in [0.15, 0.2) is 0 Å². The van der Waals surface area contributed by atoms with E-state index < -0.39 is 0 Å². The van der Waals surface area contributed by atoms with Gasteiger partial charge >= 0.3 is 0 Å². The fraction of sp³-hybridized carbons (Fsp3) is 0.545. The molecule has 2 heteroatoms. The van der Waals surface area contributed by atoms with Crippen LogP contribution in [0.1, 0.15) is 31.2 Å². The maximum atomic E-state index is 5.72. The first kappa shape index (κ1) is 8.54. The van der Waals surface area contributed by atoms with Crippen molar-refractivity contribution < 1.29 is 4.74 Å². The number of rotatable bonds is 2. The number of nitrogens with zero attached hydrogens (tertiary/aromatic N) is 1. The van der Waals surface area contributed by atoms with Gasteiger partial charge in [0.25, 0.3) is 0 Å². The SMILES string of the molecule is Cc1[c]cnc(OC2CCCC2)c1. The second-order valence-corrected chi connectivity index (χ2v) is 3.59. The molecule has 0 saturated heterocycles. The number of aryl methyl sites for hydroxylation is 1. The normalized spacial score (nSPS) is 17.6. The molecule has 1 aromatic heterocycles. The van der Waals surface area contributed by atoms with Gasteiger partial charge in [0.05, 0.1) is 0 Å². The van der Waals surface area contributed by atoms with Crippen molar-refractivity contribution in [1.82, 2.24) is 4.98 Å². The van der Waals surface area contributed by atoms with Crippen LogP contribution in [0.15, 0.2) is 12.3 Å². The first-order valence-corrected chi connectivity index (χ1v) is 4.85. The van der Waals surface area contributed by atoms with Crippen molar-refractivity contribution in [2.24, 2.45) is 0 Å². The van der Waals surface area contributed by atoms with Gasteiger partial charge in [-0.3, -0.25) is 0 Å². The van der Waals surface area contributed by atoms with E-state index in [9.17, 15) is 0 Å². The Labute approximate surface area is 78.9 Å². The molecule has 0 spiro atoms. The van der Waals surface area contributed by atoms with E-state index in [0.717, 1.165) is 11.4 Å². The molecule has 13 heavy (non-hydrogen) atoms. The molecule has 1 aliphatic rings. The number of hydrogen-bond acceptors (Lipinski definition) is 2. The zero-order chi connectivity index (χ0) is 9.10. The highest BCUT2D eigenvalue weighted by atomic mass is 16.5. The van der Waals surface area contributed by atoms with Crippen LogP contribution in [0.3, 0.4) is 0 Å². The summed E-state index contributed by atoms with van der Waals surface area (Å²) in [5, 5.41) is 0. The molecule has 2 rings (SSSR count). The van der Waals surface area contributed by atoms with Gasteiger partial charge in [-0.15, -0.1) is 0 Å². The molecule has 2 nitrogen and oxygen atoms in total. The molecule has 1 saturated carbocycles. The zero-order valence-corrected chi connectivity index (χ0v) is 7.92. The van der Waals surface area contributed by atoms with E-state index in [0.29, 0.717) is 6.10 Å². The van der Waals surface area contributed by atoms with Crippen LogP contribution in [0.5, 0.6) is 5.88 Å². The average molecular weight is 176 g/mol. The summed E-state index contributed by atoms with van der Waals surface area (Å²) in [5.74, 6) is 0.753. The maximum absolute atomic E-state index is 5.72. The van der Waals surface area contributed by atoms with E-state index in [4.69, 9.17) is 4.74 Å². The van der Waals surface area contributed by atoms with Crippen LogP contribution in [-0.4, -0.2) is 11.1 Å². The standard InChI is InChI=1S/C11H14NO/c1-9-6-7-12-11(8-9)13-10-4-2-3-5-10/h7-8,10H,2-5H2,1H3. The van der Waals surface area contributed by atoms with Gasteiger partial charge in [0.1, 0.15) is 6.10 Å². The van der Waals surface area contributed by atoms with Crippen LogP contribution in [0.25, 0.3) is 0 Å². The Balaban J connectivity index is 2.00.